The van der Waals surface area contributed by atoms with Crippen molar-refractivity contribution in [1.29, 1.82) is 0 Å². The quantitative estimate of drug-likeness (QED) is 0.490. The van der Waals surface area contributed by atoms with Gasteiger partial charge in [0.25, 0.3) is 0 Å². The Morgan fingerprint density at radius 3 is 2.94 bits per heavy atom. The van der Waals surface area contributed by atoms with E-state index in [-0.39, 0.29) is 6.54 Å². The molecular formula is C9H12N3O3PS2. The van der Waals surface area contributed by atoms with Crippen molar-refractivity contribution in [3.8, 4) is 0 Å². The van der Waals surface area contributed by atoms with Crippen LogP contribution in [0, 0.1) is 0 Å². The van der Waals surface area contributed by atoms with Crippen molar-refractivity contribution in [3.63, 3.8) is 0 Å². The molecule has 0 aliphatic heterocycles. The lowest BCUT2D eigenvalue weighted by Gasteiger charge is -2.13. The van der Waals surface area contributed by atoms with Gasteiger partial charge in [0.2, 0.25) is 0 Å². The molecule has 0 saturated heterocycles. The number of rotatable bonds is 5. The fourth-order valence-electron chi connectivity index (χ4n) is 1.46. The Kier molecular flexibility index (Phi) is 4.37. The lowest BCUT2D eigenvalue weighted by molar-refractivity contribution is 0.368. The van der Waals surface area contributed by atoms with Gasteiger partial charge >= 0.3 is 7.60 Å². The highest BCUT2D eigenvalue weighted by Gasteiger charge is 2.24. The molecule has 0 saturated carbocycles. The predicted molar refractivity (Wildman–Crippen MR) is 73.9 cm³/mol. The third kappa shape index (κ3) is 3.28. The Labute approximate surface area is 113 Å². The fourth-order valence-corrected chi connectivity index (χ4v) is 2.52. The van der Waals surface area contributed by atoms with E-state index in [1.165, 1.54) is 0 Å². The largest absolute Gasteiger partial charge is 0.339 e. The zero-order valence-electron chi connectivity index (χ0n) is 9.22. The number of hydrogen-bond donors (Lipinski definition) is 4. The summed E-state index contributed by atoms with van der Waals surface area (Å²) in [6.45, 7) is 0.598. The van der Waals surface area contributed by atoms with Gasteiger partial charge in [-0.05, 0) is 11.6 Å². The minimum Gasteiger partial charge on any atom is -0.324 e. The number of nitrogens with zero attached hydrogens (tertiary/aromatic N) is 2. The maximum absolute atomic E-state index is 10.9. The van der Waals surface area contributed by atoms with Gasteiger partial charge in [-0.15, -0.1) is 0 Å². The first kappa shape index (κ1) is 13.9. The van der Waals surface area contributed by atoms with E-state index in [9.17, 15) is 4.57 Å². The molecule has 3 N–H and O–H groups in total. The first-order valence-corrected chi connectivity index (χ1v) is 8.05. The standard InChI is InChI=1S/C9H12N3O3PS2/c13-16(14,15)8(17)5-10-4-6-2-1-3-7-9(6)12-18-11-7/h1-3,8,10,17H,4-5H2,(H2,13,14,15). The fraction of sp³-hybridized carbons (Fsp3) is 0.333. The van der Waals surface area contributed by atoms with Crippen molar-refractivity contribution in [2.24, 2.45) is 0 Å². The van der Waals surface area contributed by atoms with Crippen molar-refractivity contribution in [2.75, 3.05) is 6.54 Å². The molecule has 1 heterocycles. The van der Waals surface area contributed by atoms with E-state index in [4.69, 9.17) is 9.79 Å². The lowest BCUT2D eigenvalue weighted by atomic mass is 10.2. The van der Waals surface area contributed by atoms with Crippen LogP contribution >= 0.6 is 32.0 Å². The predicted octanol–water partition coefficient (Wildman–Crippen LogP) is 1.21. The lowest BCUT2D eigenvalue weighted by Crippen LogP contribution is -2.23. The zero-order valence-corrected chi connectivity index (χ0v) is 11.8. The Bertz CT molecular complexity index is 585. The van der Waals surface area contributed by atoms with Gasteiger partial charge in [-0.25, -0.2) is 0 Å². The summed E-state index contributed by atoms with van der Waals surface area (Å²) in [5.74, 6) is 0. The minimum absolute atomic E-state index is 0.126. The number of nitrogens with one attached hydrogen (secondary N) is 1. The maximum Gasteiger partial charge on any atom is 0.339 e. The second-order valence-electron chi connectivity index (χ2n) is 3.75. The molecule has 0 aliphatic rings. The molecule has 0 fully saturated rings. The number of hydrogen-bond acceptors (Lipinski definition) is 6. The summed E-state index contributed by atoms with van der Waals surface area (Å²) in [4.78, 5) is 16.8. The highest BCUT2D eigenvalue weighted by atomic mass is 32.1. The van der Waals surface area contributed by atoms with E-state index in [1.54, 1.807) is 0 Å². The molecule has 2 rings (SSSR count). The van der Waals surface area contributed by atoms with E-state index >= 15 is 0 Å². The van der Waals surface area contributed by atoms with Gasteiger partial charge in [0.05, 0.1) is 11.7 Å². The highest BCUT2D eigenvalue weighted by Crippen LogP contribution is 2.42. The van der Waals surface area contributed by atoms with Crippen LogP contribution in [0.3, 0.4) is 0 Å². The third-order valence-electron chi connectivity index (χ3n) is 2.40. The van der Waals surface area contributed by atoms with Crippen LogP contribution in [0.4, 0.5) is 0 Å². The second-order valence-corrected chi connectivity index (χ2v) is 7.11. The van der Waals surface area contributed by atoms with Crippen molar-refractivity contribution in [1.82, 2.24) is 14.1 Å². The van der Waals surface area contributed by atoms with Crippen LogP contribution in [0.15, 0.2) is 18.2 Å². The molecule has 0 radical (unpaired) electrons. The molecule has 0 aliphatic carbocycles. The normalized spacial score (nSPS) is 13.9. The van der Waals surface area contributed by atoms with Crippen LogP contribution < -0.4 is 5.32 Å². The summed E-state index contributed by atoms with van der Waals surface area (Å²) in [6.07, 6.45) is 0. The van der Waals surface area contributed by atoms with Gasteiger partial charge in [-0.3, -0.25) is 4.57 Å². The molecule has 18 heavy (non-hydrogen) atoms. The first-order valence-electron chi connectivity index (χ1n) is 5.12. The van der Waals surface area contributed by atoms with Crippen molar-refractivity contribution in [3.05, 3.63) is 23.8 Å². The van der Waals surface area contributed by atoms with Crippen LogP contribution in [0.2, 0.25) is 0 Å². The van der Waals surface area contributed by atoms with Gasteiger partial charge in [0.1, 0.15) is 16.0 Å². The summed E-state index contributed by atoms with van der Waals surface area (Å²) in [7, 11) is -4.14. The molecule has 1 aromatic carbocycles. The third-order valence-corrected chi connectivity index (χ3v) is 4.99. The summed E-state index contributed by atoms with van der Waals surface area (Å²) >= 11 is 5.01. The van der Waals surface area contributed by atoms with Crippen LogP contribution in [-0.2, 0) is 11.1 Å². The molecule has 6 nitrogen and oxygen atoms in total. The molecule has 0 bridgehead atoms. The molecule has 0 amide bonds. The van der Waals surface area contributed by atoms with Gasteiger partial charge in [0, 0.05) is 13.1 Å². The Hall–Kier alpha value is -0.500. The molecule has 1 unspecified atom stereocenters. The number of benzene rings is 1. The van der Waals surface area contributed by atoms with Crippen molar-refractivity contribution >= 4 is 43.0 Å². The van der Waals surface area contributed by atoms with Crippen LogP contribution in [0.1, 0.15) is 5.56 Å². The van der Waals surface area contributed by atoms with Crippen molar-refractivity contribution < 1.29 is 14.4 Å². The average Bonchev–Trinajstić information content (AvgIpc) is 2.76. The number of thiol groups is 1. The Morgan fingerprint density at radius 1 is 1.44 bits per heavy atom. The van der Waals surface area contributed by atoms with E-state index in [1.807, 2.05) is 18.2 Å². The highest BCUT2D eigenvalue weighted by molar-refractivity contribution is 7.89. The van der Waals surface area contributed by atoms with E-state index in [2.05, 4.69) is 26.7 Å². The van der Waals surface area contributed by atoms with E-state index < -0.39 is 12.6 Å². The SMILES string of the molecule is O=P(O)(O)C(S)CNCc1cccc2nsnc12. The zero-order chi connectivity index (χ0) is 13.2. The summed E-state index contributed by atoms with van der Waals surface area (Å²) < 4.78 is 19.2. The molecule has 0 spiro atoms. The summed E-state index contributed by atoms with van der Waals surface area (Å²) in [5, 5.41) is 2.96. The number of fused-ring (bicyclic) bond motifs is 1. The molecular weight excluding hydrogens is 293 g/mol. The Balaban J connectivity index is 1.99. The smallest absolute Gasteiger partial charge is 0.324 e. The molecule has 9 heteroatoms. The van der Waals surface area contributed by atoms with Gasteiger partial charge < -0.3 is 15.1 Å². The van der Waals surface area contributed by atoms with Crippen LogP contribution in [0.5, 0.6) is 0 Å². The summed E-state index contributed by atoms with van der Waals surface area (Å²) in [6, 6.07) is 5.66. The summed E-state index contributed by atoms with van der Waals surface area (Å²) in [5.41, 5.74) is 2.60. The maximum atomic E-state index is 10.9. The van der Waals surface area contributed by atoms with Gasteiger partial charge in [-0.1, -0.05) is 12.1 Å². The van der Waals surface area contributed by atoms with E-state index in [0.29, 0.717) is 6.54 Å². The Morgan fingerprint density at radius 2 is 2.22 bits per heavy atom. The topological polar surface area (TPSA) is 95.3 Å². The minimum atomic E-state index is -4.14. The van der Waals surface area contributed by atoms with Crippen molar-refractivity contribution in [2.45, 2.75) is 11.5 Å². The van der Waals surface area contributed by atoms with Crippen LogP contribution in [-0.4, -0.2) is 30.1 Å². The average molecular weight is 305 g/mol. The second kappa shape index (κ2) is 5.64. The molecule has 98 valence electrons. The number of aromatic nitrogens is 2. The van der Waals surface area contributed by atoms with Gasteiger partial charge in [-0.2, -0.15) is 21.4 Å². The van der Waals surface area contributed by atoms with Crippen LogP contribution in [0.25, 0.3) is 11.0 Å². The molecule has 1 atom stereocenters. The monoisotopic (exact) mass is 305 g/mol. The van der Waals surface area contributed by atoms with Gasteiger partial charge in [0.15, 0.2) is 0 Å². The first-order chi connectivity index (χ1) is 8.48. The van der Waals surface area contributed by atoms with E-state index in [0.717, 1.165) is 28.3 Å². The molecule has 2 aromatic rings. The molecule has 1 aromatic heterocycles.